The van der Waals surface area contributed by atoms with Crippen molar-refractivity contribution in [1.82, 2.24) is 10.6 Å². The van der Waals surface area contributed by atoms with Gasteiger partial charge >= 0.3 is 5.97 Å². The highest BCUT2D eigenvalue weighted by Gasteiger charge is 2.15. The molecule has 3 N–H and O–H groups in total. The number of esters is 1. The van der Waals surface area contributed by atoms with E-state index in [1.165, 1.54) is 19.2 Å². The summed E-state index contributed by atoms with van der Waals surface area (Å²) >= 11 is 5.91. The number of hydrogen-bond donors (Lipinski definition) is 3. The monoisotopic (exact) mass is 431 g/mol. The van der Waals surface area contributed by atoms with Crippen LogP contribution in [0.3, 0.4) is 0 Å². The maximum atomic E-state index is 12.5. The molecule has 0 fully saturated rings. The van der Waals surface area contributed by atoms with Crippen LogP contribution in [0, 0.1) is 0 Å². The number of hydrogen-bond acceptors (Lipinski definition) is 5. The molecular weight excluding hydrogens is 410 g/mol. The van der Waals surface area contributed by atoms with Crippen LogP contribution in [0.2, 0.25) is 5.02 Å². The lowest BCUT2D eigenvalue weighted by molar-refractivity contribution is -0.140. The lowest BCUT2D eigenvalue weighted by Gasteiger charge is -2.12. The van der Waals surface area contributed by atoms with Gasteiger partial charge in [0.25, 0.3) is 11.8 Å². The highest BCUT2D eigenvalue weighted by molar-refractivity contribution is 6.31. The Kier molecular flexibility index (Phi) is 8.83. The Morgan fingerprint density at radius 1 is 0.967 bits per heavy atom. The van der Waals surface area contributed by atoms with Crippen molar-refractivity contribution in [3.63, 3.8) is 0 Å². The number of para-hydroxylation sites is 1. The summed E-state index contributed by atoms with van der Waals surface area (Å²) in [4.78, 5) is 47.8. The third-order valence-corrected chi connectivity index (χ3v) is 4.26. The maximum Gasteiger partial charge on any atom is 0.305 e. The van der Waals surface area contributed by atoms with Crippen molar-refractivity contribution >= 4 is 41.0 Å². The first-order chi connectivity index (χ1) is 14.4. The summed E-state index contributed by atoms with van der Waals surface area (Å²) in [6.07, 6.45) is 0.633. The summed E-state index contributed by atoms with van der Waals surface area (Å²) in [7, 11) is 1.30. The van der Waals surface area contributed by atoms with Gasteiger partial charge in [-0.25, -0.2) is 0 Å². The third-order valence-electron chi connectivity index (χ3n) is 4.02. The van der Waals surface area contributed by atoms with E-state index >= 15 is 0 Å². The zero-order chi connectivity index (χ0) is 21.9. The van der Waals surface area contributed by atoms with Crippen molar-refractivity contribution in [2.24, 2.45) is 0 Å². The van der Waals surface area contributed by atoms with Gasteiger partial charge in [-0.05, 0) is 36.8 Å². The Morgan fingerprint density at radius 2 is 1.73 bits per heavy atom. The zero-order valence-corrected chi connectivity index (χ0v) is 17.1. The molecule has 0 aliphatic heterocycles. The van der Waals surface area contributed by atoms with E-state index in [9.17, 15) is 19.2 Å². The summed E-state index contributed by atoms with van der Waals surface area (Å²) in [5.74, 6) is -1.68. The normalized spacial score (nSPS) is 10.1. The molecule has 158 valence electrons. The Balaban J connectivity index is 1.90. The van der Waals surface area contributed by atoms with Crippen molar-refractivity contribution in [2.45, 2.75) is 12.8 Å². The van der Waals surface area contributed by atoms with Crippen molar-refractivity contribution in [2.75, 3.05) is 25.5 Å². The zero-order valence-electron chi connectivity index (χ0n) is 16.4. The number of nitrogens with one attached hydrogen (secondary N) is 3. The van der Waals surface area contributed by atoms with Crippen LogP contribution in [0.15, 0.2) is 48.5 Å². The molecule has 30 heavy (non-hydrogen) atoms. The molecule has 0 saturated heterocycles. The molecule has 0 atom stereocenters. The summed E-state index contributed by atoms with van der Waals surface area (Å²) in [6, 6.07) is 12.9. The number of rotatable bonds is 9. The highest BCUT2D eigenvalue weighted by Crippen LogP contribution is 2.17. The topological polar surface area (TPSA) is 114 Å². The number of anilines is 1. The fourth-order valence-electron chi connectivity index (χ4n) is 2.50. The van der Waals surface area contributed by atoms with Crippen LogP contribution in [0.5, 0.6) is 0 Å². The van der Waals surface area contributed by atoms with Gasteiger partial charge in [0, 0.05) is 23.6 Å². The minimum Gasteiger partial charge on any atom is -0.469 e. The molecule has 0 heterocycles. The van der Waals surface area contributed by atoms with E-state index in [4.69, 9.17) is 11.6 Å². The molecule has 8 nitrogen and oxygen atoms in total. The fourth-order valence-corrected chi connectivity index (χ4v) is 2.69. The van der Waals surface area contributed by atoms with Crippen LogP contribution < -0.4 is 16.0 Å². The highest BCUT2D eigenvalue weighted by atomic mass is 35.5. The second-order valence-corrected chi connectivity index (χ2v) is 6.66. The summed E-state index contributed by atoms with van der Waals surface area (Å²) in [5, 5.41) is 8.21. The number of halogens is 1. The molecule has 3 amide bonds. The van der Waals surface area contributed by atoms with Gasteiger partial charge < -0.3 is 20.7 Å². The predicted octanol–water partition coefficient (Wildman–Crippen LogP) is 2.39. The molecule has 9 heteroatoms. The number of carbonyl (C=O) groups is 4. The molecule has 2 aromatic carbocycles. The molecule has 0 aliphatic carbocycles. The van der Waals surface area contributed by atoms with E-state index in [1.54, 1.807) is 36.4 Å². The molecule has 0 aromatic heterocycles. The van der Waals surface area contributed by atoms with Gasteiger partial charge in [0.2, 0.25) is 5.91 Å². The first-order valence-electron chi connectivity index (χ1n) is 9.18. The minimum atomic E-state index is -0.512. The fraction of sp³-hybridized carbons (Fsp3) is 0.238. The predicted molar refractivity (Wildman–Crippen MR) is 112 cm³/mol. The average molecular weight is 432 g/mol. The number of methoxy groups -OCH3 is 1. The van der Waals surface area contributed by atoms with Gasteiger partial charge in [-0.1, -0.05) is 29.8 Å². The smallest absolute Gasteiger partial charge is 0.305 e. The van der Waals surface area contributed by atoms with Crippen LogP contribution in [0.4, 0.5) is 5.69 Å². The van der Waals surface area contributed by atoms with Gasteiger partial charge in [-0.3, -0.25) is 19.2 Å². The summed E-state index contributed by atoms with van der Waals surface area (Å²) in [6.45, 7) is 0.0454. The Morgan fingerprint density at radius 3 is 2.47 bits per heavy atom. The number of benzene rings is 2. The lowest BCUT2D eigenvalue weighted by atomic mass is 10.1. The molecule has 0 spiro atoms. The van der Waals surface area contributed by atoms with Gasteiger partial charge in [-0.2, -0.15) is 0 Å². The SMILES string of the molecule is COC(=O)CCCNC(=O)CNC(=O)c1ccccc1NC(=O)c1cccc(Cl)c1. The first kappa shape index (κ1) is 22.9. The molecular formula is C21H22ClN3O5. The van der Waals surface area contributed by atoms with Crippen LogP contribution >= 0.6 is 11.6 Å². The van der Waals surface area contributed by atoms with E-state index in [-0.39, 0.29) is 31.0 Å². The molecule has 0 aliphatic rings. The molecule has 0 bridgehead atoms. The van der Waals surface area contributed by atoms with E-state index in [1.807, 2.05) is 0 Å². The number of ether oxygens (including phenoxy) is 1. The first-order valence-corrected chi connectivity index (χ1v) is 9.56. The number of amides is 3. The maximum absolute atomic E-state index is 12.5. The number of carbonyl (C=O) groups excluding carboxylic acids is 4. The van der Waals surface area contributed by atoms with Crippen molar-refractivity contribution in [1.29, 1.82) is 0 Å². The molecule has 0 saturated carbocycles. The van der Waals surface area contributed by atoms with Crippen molar-refractivity contribution in [3.05, 3.63) is 64.7 Å². The van der Waals surface area contributed by atoms with Crippen molar-refractivity contribution in [3.8, 4) is 0 Å². The molecule has 0 radical (unpaired) electrons. The van der Waals surface area contributed by atoms with Crippen molar-refractivity contribution < 1.29 is 23.9 Å². The second kappa shape index (κ2) is 11.6. The average Bonchev–Trinajstić information content (AvgIpc) is 2.75. The quantitative estimate of drug-likeness (QED) is 0.416. The van der Waals surface area contributed by atoms with E-state index < -0.39 is 17.7 Å². The lowest BCUT2D eigenvalue weighted by Crippen LogP contribution is -2.37. The van der Waals surface area contributed by atoms with Crippen LogP contribution in [-0.2, 0) is 14.3 Å². The molecule has 2 aromatic rings. The van der Waals surface area contributed by atoms with Gasteiger partial charge in [0.1, 0.15) is 0 Å². The van der Waals surface area contributed by atoms with Gasteiger partial charge in [0.05, 0.1) is 24.9 Å². The third kappa shape index (κ3) is 7.21. The van der Waals surface area contributed by atoms with E-state index in [0.717, 1.165) is 0 Å². The van der Waals surface area contributed by atoms with Crippen LogP contribution in [-0.4, -0.2) is 43.9 Å². The Hall–Kier alpha value is -3.39. The van der Waals surface area contributed by atoms with Crippen LogP contribution in [0.1, 0.15) is 33.6 Å². The second-order valence-electron chi connectivity index (χ2n) is 6.22. The standard InChI is InChI=1S/C21H22ClN3O5/c1-30-19(27)10-5-11-23-18(26)13-24-21(29)16-8-2-3-9-17(16)25-20(28)14-6-4-7-15(22)12-14/h2-4,6-9,12H,5,10-11,13H2,1H3,(H,23,26)(H,24,29)(H,25,28). The van der Waals surface area contributed by atoms with Crippen LogP contribution in [0.25, 0.3) is 0 Å². The Bertz CT molecular complexity index is 932. The largest absolute Gasteiger partial charge is 0.469 e. The van der Waals surface area contributed by atoms with Gasteiger partial charge in [0.15, 0.2) is 0 Å². The molecule has 0 unspecified atom stereocenters. The molecule has 2 rings (SSSR count). The van der Waals surface area contributed by atoms with E-state index in [0.29, 0.717) is 22.7 Å². The summed E-state index contributed by atoms with van der Waals surface area (Å²) < 4.78 is 4.51. The Labute approximate surface area is 178 Å². The van der Waals surface area contributed by atoms with E-state index in [2.05, 4.69) is 20.7 Å². The van der Waals surface area contributed by atoms with Gasteiger partial charge in [-0.15, -0.1) is 0 Å². The minimum absolute atomic E-state index is 0.197. The summed E-state index contributed by atoms with van der Waals surface area (Å²) in [5.41, 5.74) is 0.869.